The lowest BCUT2D eigenvalue weighted by Gasteiger charge is -1.85. The van der Waals surface area contributed by atoms with E-state index in [-0.39, 0.29) is 0 Å². The van der Waals surface area contributed by atoms with Gasteiger partial charge in [-0.1, -0.05) is 25.2 Å². The Morgan fingerprint density at radius 1 is 1.62 bits per heavy atom. The van der Waals surface area contributed by atoms with Crippen LogP contribution in [0.15, 0.2) is 23.7 Å². The lowest BCUT2D eigenvalue weighted by molar-refractivity contribution is 1.22. The normalized spacial score (nSPS) is 13.0. The molecule has 8 heavy (non-hydrogen) atoms. The van der Waals surface area contributed by atoms with E-state index in [0.717, 1.165) is 11.9 Å². The van der Waals surface area contributed by atoms with Gasteiger partial charge < -0.3 is 0 Å². The summed E-state index contributed by atoms with van der Waals surface area (Å²) in [4.78, 5) is 0. The molecule has 0 aromatic carbocycles. The average Bonchev–Trinajstić information content (AvgIpc) is 1.68. The molecule has 0 aliphatic heterocycles. The summed E-state index contributed by atoms with van der Waals surface area (Å²) in [6.07, 6.45) is 6.82. The molecule has 0 rings (SSSR count). The Balaban J connectivity index is 3.61. The van der Waals surface area contributed by atoms with Crippen molar-refractivity contribution in [1.82, 2.24) is 0 Å². The van der Waals surface area contributed by atoms with Crippen molar-refractivity contribution in [2.45, 2.75) is 20.3 Å². The minimum absolute atomic E-state index is 0.856. The summed E-state index contributed by atoms with van der Waals surface area (Å²) < 4.78 is 0. The molecule has 2 radical (unpaired) electrons. The Morgan fingerprint density at radius 3 is 2.62 bits per heavy atom. The number of rotatable bonds is 2. The van der Waals surface area contributed by atoms with Gasteiger partial charge in [-0.2, -0.15) is 0 Å². The summed E-state index contributed by atoms with van der Waals surface area (Å²) in [5, 5.41) is 0. The van der Waals surface area contributed by atoms with E-state index in [4.69, 9.17) is 7.85 Å². The fourth-order valence-corrected chi connectivity index (χ4v) is 0.496. The minimum Gasteiger partial charge on any atom is -0.101 e. The van der Waals surface area contributed by atoms with Crippen LogP contribution in [0, 0.1) is 0 Å². The molecule has 0 amide bonds. The zero-order valence-corrected chi connectivity index (χ0v) is 5.52. The van der Waals surface area contributed by atoms with Crippen molar-refractivity contribution in [1.29, 1.82) is 0 Å². The van der Waals surface area contributed by atoms with Gasteiger partial charge in [0.25, 0.3) is 0 Å². The Hall–Kier alpha value is -0.455. The van der Waals surface area contributed by atoms with Crippen molar-refractivity contribution in [2.24, 2.45) is 0 Å². The summed E-state index contributed by atoms with van der Waals surface area (Å²) in [7, 11) is 5.47. The van der Waals surface area contributed by atoms with Crippen molar-refractivity contribution >= 4 is 7.85 Å². The highest BCUT2D eigenvalue weighted by atomic mass is 13.7. The number of allylic oxidation sites excluding steroid dienone is 4. The molecule has 1 heteroatoms. The molecule has 0 N–H and O–H groups in total. The van der Waals surface area contributed by atoms with Gasteiger partial charge in [-0.3, -0.25) is 0 Å². The van der Waals surface area contributed by atoms with Crippen LogP contribution in [0.1, 0.15) is 20.3 Å². The smallest absolute Gasteiger partial charge is 0.101 e. The zero-order chi connectivity index (χ0) is 6.41. The van der Waals surface area contributed by atoms with Gasteiger partial charge in [0.1, 0.15) is 7.85 Å². The van der Waals surface area contributed by atoms with E-state index in [0.29, 0.717) is 0 Å². The lowest BCUT2D eigenvalue weighted by atomic mass is 9.94. The average molecular weight is 106 g/mol. The van der Waals surface area contributed by atoms with Crippen LogP contribution >= 0.6 is 0 Å². The Morgan fingerprint density at radius 2 is 2.25 bits per heavy atom. The Labute approximate surface area is 52.7 Å². The van der Waals surface area contributed by atoms with E-state index < -0.39 is 0 Å². The monoisotopic (exact) mass is 106 g/mol. The summed E-state index contributed by atoms with van der Waals surface area (Å²) in [6, 6.07) is 0. The lowest BCUT2D eigenvalue weighted by Crippen LogP contribution is -1.71. The van der Waals surface area contributed by atoms with E-state index in [2.05, 4.69) is 6.92 Å². The van der Waals surface area contributed by atoms with Crippen molar-refractivity contribution in [3.05, 3.63) is 23.7 Å². The molecular weight excluding hydrogens is 94.9 g/mol. The molecule has 0 bridgehead atoms. The molecular formula is C7H11B. The molecule has 0 aromatic rings. The summed E-state index contributed by atoms with van der Waals surface area (Å²) in [6.45, 7) is 4.02. The molecule has 0 saturated carbocycles. The summed E-state index contributed by atoms with van der Waals surface area (Å²) in [5.41, 5.74) is 0.856. The van der Waals surface area contributed by atoms with Crippen molar-refractivity contribution in [3.8, 4) is 0 Å². The van der Waals surface area contributed by atoms with Crippen molar-refractivity contribution in [3.63, 3.8) is 0 Å². The number of hydrogen-bond donors (Lipinski definition) is 0. The van der Waals surface area contributed by atoms with E-state index in [1.54, 1.807) is 0 Å². The molecule has 0 saturated heterocycles. The number of hydrogen-bond acceptors (Lipinski definition) is 0. The standard InChI is InChI=1S/C7H11B/c1-3-5-7(8)6-4-2/h3,5-6H,4H2,1-2H3/b5-3-,7-6+. The molecule has 0 fully saturated rings. The maximum Gasteiger partial charge on any atom is 0.113 e. The highest BCUT2D eigenvalue weighted by Crippen LogP contribution is 1.91. The highest BCUT2D eigenvalue weighted by molar-refractivity contribution is 6.23. The zero-order valence-electron chi connectivity index (χ0n) is 5.52. The first kappa shape index (κ1) is 7.54. The van der Waals surface area contributed by atoms with Gasteiger partial charge in [0.05, 0.1) is 0 Å². The Bertz CT molecular complexity index is 101. The van der Waals surface area contributed by atoms with Crippen LogP contribution in [0.2, 0.25) is 0 Å². The first-order valence-electron chi connectivity index (χ1n) is 2.89. The molecule has 0 unspecified atom stereocenters. The quantitative estimate of drug-likeness (QED) is 0.373. The molecule has 0 nitrogen and oxygen atoms in total. The highest BCUT2D eigenvalue weighted by Gasteiger charge is 1.73. The van der Waals surface area contributed by atoms with Crippen LogP contribution in [0.25, 0.3) is 0 Å². The Kier molecular flexibility index (Phi) is 4.43. The fourth-order valence-electron chi connectivity index (χ4n) is 0.496. The minimum atomic E-state index is 0.856. The van der Waals surface area contributed by atoms with Crippen molar-refractivity contribution < 1.29 is 0 Å². The van der Waals surface area contributed by atoms with Crippen LogP contribution in [-0.4, -0.2) is 7.85 Å². The molecule has 42 valence electrons. The van der Waals surface area contributed by atoms with Crippen LogP contribution in [0.5, 0.6) is 0 Å². The third-order valence-electron chi connectivity index (χ3n) is 0.799. The van der Waals surface area contributed by atoms with Gasteiger partial charge in [0.15, 0.2) is 0 Å². The fraction of sp³-hybridized carbons (Fsp3) is 0.429. The van der Waals surface area contributed by atoms with Crippen LogP contribution in [-0.2, 0) is 0 Å². The van der Waals surface area contributed by atoms with Crippen molar-refractivity contribution in [2.75, 3.05) is 0 Å². The van der Waals surface area contributed by atoms with E-state index in [1.807, 2.05) is 25.2 Å². The topological polar surface area (TPSA) is 0 Å². The second-order valence-electron chi connectivity index (χ2n) is 1.61. The van der Waals surface area contributed by atoms with E-state index in [9.17, 15) is 0 Å². The molecule has 0 aliphatic carbocycles. The van der Waals surface area contributed by atoms with Gasteiger partial charge in [-0.25, -0.2) is 0 Å². The first-order valence-corrected chi connectivity index (χ1v) is 2.89. The molecule has 0 aliphatic rings. The maximum absolute atomic E-state index is 5.47. The summed E-state index contributed by atoms with van der Waals surface area (Å²) in [5.74, 6) is 0. The SMILES string of the molecule is [B]C(/C=C\C)=C/CC. The predicted octanol–water partition coefficient (Wildman–Crippen LogP) is 2.02. The molecule has 0 spiro atoms. The third-order valence-corrected chi connectivity index (χ3v) is 0.799. The van der Waals surface area contributed by atoms with Gasteiger partial charge >= 0.3 is 0 Å². The van der Waals surface area contributed by atoms with Gasteiger partial charge in [0.2, 0.25) is 0 Å². The maximum atomic E-state index is 5.47. The third kappa shape index (κ3) is 3.73. The van der Waals surface area contributed by atoms with Crippen LogP contribution < -0.4 is 0 Å². The molecule has 0 heterocycles. The second-order valence-corrected chi connectivity index (χ2v) is 1.61. The predicted molar refractivity (Wildman–Crippen MR) is 38.9 cm³/mol. The van der Waals surface area contributed by atoms with Gasteiger partial charge in [0, 0.05) is 0 Å². The van der Waals surface area contributed by atoms with Crippen LogP contribution in [0.4, 0.5) is 0 Å². The van der Waals surface area contributed by atoms with E-state index in [1.165, 1.54) is 0 Å². The second kappa shape index (κ2) is 4.70. The first-order chi connectivity index (χ1) is 3.81. The molecule has 0 aromatic heterocycles. The van der Waals surface area contributed by atoms with Crippen LogP contribution in [0.3, 0.4) is 0 Å². The van der Waals surface area contributed by atoms with E-state index >= 15 is 0 Å². The van der Waals surface area contributed by atoms with Gasteiger partial charge in [-0.05, 0) is 13.3 Å². The molecule has 0 atom stereocenters. The van der Waals surface area contributed by atoms with Gasteiger partial charge in [-0.15, -0.1) is 5.47 Å². The largest absolute Gasteiger partial charge is 0.113 e. The summed E-state index contributed by atoms with van der Waals surface area (Å²) >= 11 is 0.